The summed E-state index contributed by atoms with van der Waals surface area (Å²) in [5.74, 6) is 0. The molecule has 1 aliphatic rings. The SMILES string of the molecule is CC1=Cc2cc(C)ccc2N(S(=O)(=O)c2ccc(C)cc2)C1. The first-order valence-corrected chi connectivity index (χ1v) is 8.69. The van der Waals surface area contributed by atoms with Crippen molar-refractivity contribution in [3.8, 4) is 0 Å². The minimum absolute atomic E-state index is 0.333. The summed E-state index contributed by atoms with van der Waals surface area (Å²) in [6.45, 7) is 6.31. The number of benzene rings is 2. The van der Waals surface area contributed by atoms with Crippen LogP contribution in [-0.4, -0.2) is 15.0 Å². The fourth-order valence-corrected chi connectivity index (χ4v) is 4.22. The summed E-state index contributed by atoms with van der Waals surface area (Å²) in [6.07, 6.45) is 2.06. The summed E-state index contributed by atoms with van der Waals surface area (Å²) in [5.41, 5.74) is 4.91. The molecule has 1 aliphatic heterocycles. The van der Waals surface area contributed by atoms with Crippen LogP contribution in [0.3, 0.4) is 0 Å². The molecule has 22 heavy (non-hydrogen) atoms. The van der Waals surface area contributed by atoms with E-state index in [1.807, 2.05) is 51.1 Å². The molecule has 0 unspecified atom stereocenters. The van der Waals surface area contributed by atoms with Gasteiger partial charge in [0, 0.05) is 0 Å². The summed E-state index contributed by atoms with van der Waals surface area (Å²) < 4.78 is 27.5. The average molecular weight is 313 g/mol. The first-order chi connectivity index (χ1) is 10.4. The Labute approximate surface area is 132 Å². The fraction of sp³-hybridized carbons (Fsp3) is 0.222. The number of fused-ring (bicyclic) bond motifs is 1. The predicted molar refractivity (Wildman–Crippen MR) is 90.5 cm³/mol. The maximum absolute atomic E-state index is 13.0. The van der Waals surface area contributed by atoms with Crippen LogP contribution in [0.1, 0.15) is 23.6 Å². The monoisotopic (exact) mass is 313 g/mol. The molecule has 0 fully saturated rings. The zero-order valence-electron chi connectivity index (χ0n) is 13.0. The van der Waals surface area contributed by atoms with E-state index in [1.165, 1.54) is 4.31 Å². The highest BCUT2D eigenvalue weighted by Gasteiger charge is 2.28. The van der Waals surface area contributed by atoms with Crippen molar-refractivity contribution >= 4 is 21.8 Å². The second-order valence-corrected chi connectivity index (χ2v) is 7.74. The van der Waals surface area contributed by atoms with E-state index in [-0.39, 0.29) is 0 Å². The summed E-state index contributed by atoms with van der Waals surface area (Å²) in [7, 11) is -3.55. The first-order valence-electron chi connectivity index (χ1n) is 7.25. The van der Waals surface area contributed by atoms with E-state index in [1.54, 1.807) is 12.1 Å². The molecule has 2 aromatic carbocycles. The fourth-order valence-electron chi connectivity index (χ4n) is 2.69. The molecule has 3 nitrogen and oxygen atoms in total. The van der Waals surface area contributed by atoms with Gasteiger partial charge in [-0.2, -0.15) is 0 Å². The predicted octanol–water partition coefficient (Wildman–Crippen LogP) is 3.92. The van der Waals surface area contributed by atoms with Crippen molar-refractivity contribution < 1.29 is 8.42 Å². The van der Waals surface area contributed by atoms with Crippen molar-refractivity contribution in [2.24, 2.45) is 0 Å². The van der Waals surface area contributed by atoms with E-state index >= 15 is 0 Å². The second-order valence-electron chi connectivity index (χ2n) is 5.88. The number of nitrogens with zero attached hydrogens (tertiary/aromatic N) is 1. The molecular weight excluding hydrogens is 294 g/mol. The quantitative estimate of drug-likeness (QED) is 0.843. The topological polar surface area (TPSA) is 37.4 Å². The summed E-state index contributed by atoms with van der Waals surface area (Å²) in [4.78, 5) is 0.333. The Kier molecular flexibility index (Phi) is 3.57. The van der Waals surface area contributed by atoms with E-state index < -0.39 is 10.0 Å². The molecule has 3 rings (SSSR count). The van der Waals surface area contributed by atoms with Gasteiger partial charge in [-0.25, -0.2) is 8.42 Å². The zero-order valence-corrected chi connectivity index (χ0v) is 13.8. The molecule has 0 atom stereocenters. The minimum Gasteiger partial charge on any atom is -0.262 e. The van der Waals surface area contributed by atoms with Crippen LogP contribution in [0.4, 0.5) is 5.69 Å². The van der Waals surface area contributed by atoms with E-state index in [0.29, 0.717) is 11.4 Å². The van der Waals surface area contributed by atoms with Crippen molar-refractivity contribution in [2.45, 2.75) is 25.7 Å². The number of hydrogen-bond acceptors (Lipinski definition) is 2. The van der Waals surface area contributed by atoms with E-state index in [0.717, 1.165) is 28.0 Å². The lowest BCUT2D eigenvalue weighted by Crippen LogP contribution is -2.34. The van der Waals surface area contributed by atoms with Crippen molar-refractivity contribution in [2.75, 3.05) is 10.8 Å². The Morgan fingerprint density at radius 2 is 1.55 bits per heavy atom. The second kappa shape index (κ2) is 5.29. The third-order valence-electron chi connectivity index (χ3n) is 3.86. The van der Waals surface area contributed by atoms with Gasteiger partial charge >= 0.3 is 0 Å². The summed E-state index contributed by atoms with van der Waals surface area (Å²) in [5, 5.41) is 0. The van der Waals surface area contributed by atoms with E-state index in [4.69, 9.17) is 0 Å². The lowest BCUT2D eigenvalue weighted by atomic mass is 10.0. The van der Waals surface area contributed by atoms with E-state index in [9.17, 15) is 8.42 Å². The van der Waals surface area contributed by atoms with Crippen molar-refractivity contribution in [3.63, 3.8) is 0 Å². The molecule has 0 saturated heterocycles. The molecule has 0 spiro atoms. The molecule has 1 heterocycles. The highest BCUT2D eigenvalue weighted by atomic mass is 32.2. The number of rotatable bonds is 2. The third kappa shape index (κ3) is 2.55. The van der Waals surface area contributed by atoms with Crippen LogP contribution in [0.5, 0.6) is 0 Å². The van der Waals surface area contributed by atoms with Gasteiger partial charge in [0.05, 0.1) is 17.1 Å². The van der Waals surface area contributed by atoms with Crippen molar-refractivity contribution in [1.29, 1.82) is 0 Å². The zero-order chi connectivity index (χ0) is 15.9. The van der Waals surface area contributed by atoms with Crippen LogP contribution in [0, 0.1) is 13.8 Å². The maximum atomic E-state index is 13.0. The third-order valence-corrected chi connectivity index (χ3v) is 5.63. The molecule has 0 N–H and O–H groups in total. The molecule has 4 heteroatoms. The van der Waals surface area contributed by atoms with Crippen LogP contribution < -0.4 is 4.31 Å². The van der Waals surface area contributed by atoms with Gasteiger partial charge in [0.1, 0.15) is 0 Å². The van der Waals surface area contributed by atoms with Crippen LogP contribution in [0.25, 0.3) is 6.08 Å². The maximum Gasteiger partial charge on any atom is 0.264 e. The Morgan fingerprint density at radius 1 is 0.909 bits per heavy atom. The summed E-state index contributed by atoms with van der Waals surface area (Å²) >= 11 is 0. The van der Waals surface area contributed by atoms with Gasteiger partial charge < -0.3 is 0 Å². The molecule has 0 aromatic heterocycles. The number of anilines is 1. The molecule has 0 amide bonds. The highest BCUT2D eigenvalue weighted by molar-refractivity contribution is 7.92. The number of hydrogen-bond donors (Lipinski definition) is 0. The number of aryl methyl sites for hydroxylation is 2. The van der Waals surface area contributed by atoms with Gasteiger partial charge in [0.2, 0.25) is 0 Å². The van der Waals surface area contributed by atoms with Crippen LogP contribution in [0.2, 0.25) is 0 Å². The van der Waals surface area contributed by atoms with Gasteiger partial charge in [0.25, 0.3) is 10.0 Å². The van der Waals surface area contributed by atoms with Crippen molar-refractivity contribution in [3.05, 3.63) is 64.7 Å². The lowest BCUT2D eigenvalue weighted by Gasteiger charge is -2.30. The van der Waals surface area contributed by atoms with Gasteiger partial charge in [0.15, 0.2) is 0 Å². The molecule has 0 saturated carbocycles. The van der Waals surface area contributed by atoms with Crippen molar-refractivity contribution in [1.82, 2.24) is 0 Å². The van der Waals surface area contributed by atoms with Crippen LogP contribution in [0.15, 0.2) is 52.9 Å². The van der Waals surface area contributed by atoms with Gasteiger partial charge in [-0.05, 0) is 50.6 Å². The normalized spacial score (nSPS) is 14.5. The van der Waals surface area contributed by atoms with Gasteiger partial charge in [-0.1, -0.05) is 41.0 Å². The molecule has 0 aliphatic carbocycles. The molecule has 0 radical (unpaired) electrons. The molecule has 114 valence electrons. The van der Waals surface area contributed by atoms with Crippen LogP contribution in [-0.2, 0) is 10.0 Å². The average Bonchev–Trinajstić information content (AvgIpc) is 2.46. The highest BCUT2D eigenvalue weighted by Crippen LogP contribution is 2.33. The molecule has 0 bridgehead atoms. The molecular formula is C18H19NO2S. The largest absolute Gasteiger partial charge is 0.264 e. The lowest BCUT2D eigenvalue weighted by molar-refractivity contribution is 0.592. The standard InChI is InChI=1S/C18H19NO2S/c1-13-4-7-17(8-5-13)22(20,21)19-12-15(3)11-16-10-14(2)6-9-18(16)19/h4-11H,12H2,1-3H3. The van der Waals surface area contributed by atoms with Gasteiger partial charge in [-0.3, -0.25) is 4.31 Å². The minimum atomic E-state index is -3.55. The summed E-state index contributed by atoms with van der Waals surface area (Å²) in [6, 6.07) is 12.9. The van der Waals surface area contributed by atoms with Crippen LogP contribution >= 0.6 is 0 Å². The Bertz CT molecular complexity index is 849. The van der Waals surface area contributed by atoms with Gasteiger partial charge in [-0.15, -0.1) is 0 Å². The Balaban J connectivity index is 2.12. The Morgan fingerprint density at radius 3 is 2.23 bits per heavy atom. The van der Waals surface area contributed by atoms with E-state index in [2.05, 4.69) is 6.08 Å². The smallest absolute Gasteiger partial charge is 0.262 e. The number of sulfonamides is 1. The first kappa shape index (κ1) is 14.9. The molecule has 2 aromatic rings. The Hall–Kier alpha value is -2.07.